The van der Waals surface area contributed by atoms with Crippen molar-refractivity contribution in [3.8, 4) is 5.75 Å². The van der Waals surface area contributed by atoms with Gasteiger partial charge in [-0.3, -0.25) is 0 Å². The summed E-state index contributed by atoms with van der Waals surface area (Å²) in [6.07, 6.45) is 5.60. The van der Waals surface area contributed by atoms with Crippen molar-refractivity contribution >= 4 is 16.9 Å². The standard InChI is InChI=1S/C23H31FN4O/c1-6-7-9-27-14-19(16(3)26-4)15(2)18-11-20(24)22(23(29-5)21(18)27)28-10-8-17(12-25)13-28/h6,11,14,17,26H,1-3,7-10,12-13,25H2,4-5H3. The number of nitrogens with two attached hydrogens (primary N) is 1. The molecule has 1 saturated heterocycles. The monoisotopic (exact) mass is 398 g/mol. The molecule has 3 rings (SSSR count). The van der Waals surface area contributed by atoms with Gasteiger partial charge in [0.25, 0.3) is 0 Å². The number of halogens is 1. The van der Waals surface area contributed by atoms with Crippen LogP contribution in [0.4, 0.5) is 15.8 Å². The number of fused-ring (bicyclic) bond motifs is 1. The molecular weight excluding hydrogens is 367 g/mol. The zero-order valence-electron chi connectivity index (χ0n) is 17.4. The van der Waals surface area contributed by atoms with Crippen LogP contribution >= 0.6 is 0 Å². The highest BCUT2D eigenvalue weighted by molar-refractivity contribution is 5.96. The molecule has 0 spiro atoms. The van der Waals surface area contributed by atoms with Crippen molar-refractivity contribution in [2.24, 2.45) is 11.7 Å². The largest absolute Gasteiger partial charge is 0.492 e. The van der Waals surface area contributed by atoms with E-state index in [0.717, 1.165) is 54.0 Å². The Bertz CT molecular complexity index is 861. The second-order valence-corrected chi connectivity index (χ2v) is 7.49. The summed E-state index contributed by atoms with van der Waals surface area (Å²) >= 11 is 0. The van der Waals surface area contributed by atoms with Gasteiger partial charge in [0.15, 0.2) is 11.6 Å². The van der Waals surface area contributed by atoms with Gasteiger partial charge in [0, 0.05) is 49.7 Å². The molecular formula is C23H31FN4O. The number of hydrogen-bond donors (Lipinski definition) is 2. The van der Waals surface area contributed by atoms with E-state index in [1.54, 1.807) is 13.2 Å². The van der Waals surface area contributed by atoms with Crippen LogP contribution in [0.25, 0.3) is 5.57 Å². The van der Waals surface area contributed by atoms with E-state index in [9.17, 15) is 0 Å². The molecule has 1 fully saturated rings. The van der Waals surface area contributed by atoms with Crippen molar-refractivity contribution in [3.05, 3.63) is 60.7 Å². The molecule has 0 aliphatic carbocycles. The van der Waals surface area contributed by atoms with Crippen LogP contribution in [-0.2, 0) is 0 Å². The molecule has 1 atom stereocenters. The van der Waals surface area contributed by atoms with Crippen LogP contribution in [0, 0.1) is 11.7 Å². The van der Waals surface area contributed by atoms with Crippen LogP contribution in [0.5, 0.6) is 5.75 Å². The average molecular weight is 399 g/mol. The summed E-state index contributed by atoms with van der Waals surface area (Å²) in [5, 5.41) is 3.07. The zero-order chi connectivity index (χ0) is 21.1. The van der Waals surface area contributed by atoms with Crippen LogP contribution < -0.4 is 25.6 Å². The van der Waals surface area contributed by atoms with E-state index in [2.05, 4.69) is 30.0 Å². The van der Waals surface area contributed by atoms with E-state index in [4.69, 9.17) is 10.5 Å². The minimum atomic E-state index is -0.306. The van der Waals surface area contributed by atoms with Crippen LogP contribution in [0.1, 0.15) is 18.4 Å². The van der Waals surface area contributed by atoms with Crippen molar-refractivity contribution < 1.29 is 9.13 Å². The molecule has 0 aromatic heterocycles. The third-order valence-electron chi connectivity index (χ3n) is 5.75. The summed E-state index contributed by atoms with van der Waals surface area (Å²) in [6.45, 7) is 14.9. The predicted molar refractivity (Wildman–Crippen MR) is 120 cm³/mol. The van der Waals surface area contributed by atoms with Gasteiger partial charge in [0.1, 0.15) is 5.69 Å². The molecule has 0 radical (unpaired) electrons. The first-order chi connectivity index (χ1) is 14.0. The molecule has 3 N–H and O–H groups in total. The molecule has 1 unspecified atom stereocenters. The number of benzene rings is 1. The molecule has 156 valence electrons. The van der Waals surface area contributed by atoms with Crippen molar-refractivity contribution in [1.29, 1.82) is 0 Å². The fourth-order valence-corrected chi connectivity index (χ4v) is 4.08. The third-order valence-corrected chi connectivity index (χ3v) is 5.75. The topological polar surface area (TPSA) is 53.8 Å². The first kappa shape index (κ1) is 21.0. The average Bonchev–Trinajstić information content (AvgIpc) is 3.20. The van der Waals surface area contributed by atoms with Gasteiger partial charge in [0.2, 0.25) is 0 Å². The SMILES string of the molecule is C=CCCN1C=C(C(=C)NC)C(=C)c2cc(F)c(N3CCC(CN)C3)c(OC)c21. The van der Waals surface area contributed by atoms with Crippen molar-refractivity contribution in [1.82, 2.24) is 5.32 Å². The lowest BCUT2D eigenvalue weighted by Gasteiger charge is -2.35. The fraction of sp³-hybridized carbons (Fsp3) is 0.391. The van der Waals surface area contributed by atoms with Crippen molar-refractivity contribution in [3.63, 3.8) is 0 Å². The smallest absolute Gasteiger partial charge is 0.169 e. The molecule has 0 bridgehead atoms. The number of ether oxygens (including phenoxy) is 1. The lowest BCUT2D eigenvalue weighted by Crippen LogP contribution is -2.28. The molecule has 6 heteroatoms. The van der Waals surface area contributed by atoms with Gasteiger partial charge in [0.05, 0.1) is 12.8 Å². The van der Waals surface area contributed by atoms with Gasteiger partial charge in [-0.25, -0.2) is 4.39 Å². The van der Waals surface area contributed by atoms with E-state index < -0.39 is 0 Å². The number of allylic oxidation sites excluding steroid dienone is 1. The Morgan fingerprint density at radius 2 is 2.21 bits per heavy atom. The highest BCUT2D eigenvalue weighted by Crippen LogP contribution is 2.50. The van der Waals surface area contributed by atoms with E-state index in [1.165, 1.54) is 0 Å². The van der Waals surface area contributed by atoms with Crippen LogP contribution in [0.3, 0.4) is 0 Å². The Morgan fingerprint density at radius 1 is 1.45 bits per heavy atom. The highest BCUT2D eigenvalue weighted by atomic mass is 19.1. The van der Waals surface area contributed by atoms with Gasteiger partial charge in [-0.1, -0.05) is 19.2 Å². The second kappa shape index (κ2) is 8.74. The summed E-state index contributed by atoms with van der Waals surface area (Å²) in [4.78, 5) is 4.13. The molecule has 1 aromatic rings. The zero-order valence-corrected chi connectivity index (χ0v) is 17.4. The summed E-state index contributed by atoms with van der Waals surface area (Å²) < 4.78 is 21.2. The summed E-state index contributed by atoms with van der Waals surface area (Å²) in [7, 11) is 3.40. The molecule has 0 amide bonds. The van der Waals surface area contributed by atoms with E-state index in [0.29, 0.717) is 30.4 Å². The van der Waals surface area contributed by atoms with Gasteiger partial charge >= 0.3 is 0 Å². The summed E-state index contributed by atoms with van der Waals surface area (Å²) in [6, 6.07) is 1.57. The van der Waals surface area contributed by atoms with Gasteiger partial charge in [-0.15, -0.1) is 6.58 Å². The second-order valence-electron chi connectivity index (χ2n) is 7.49. The lowest BCUT2D eigenvalue weighted by atomic mass is 9.91. The number of nitrogens with zero attached hydrogens (tertiary/aromatic N) is 2. The molecule has 2 heterocycles. The minimum absolute atomic E-state index is 0.306. The van der Waals surface area contributed by atoms with Crippen LogP contribution in [0.2, 0.25) is 0 Å². The number of hydrogen-bond acceptors (Lipinski definition) is 5. The van der Waals surface area contributed by atoms with Crippen LogP contribution in [0.15, 0.2) is 49.3 Å². The first-order valence-corrected chi connectivity index (χ1v) is 9.98. The maximum absolute atomic E-state index is 15.4. The Kier molecular flexibility index (Phi) is 6.33. The van der Waals surface area contributed by atoms with Gasteiger partial charge < -0.3 is 25.6 Å². The number of nitrogens with one attached hydrogen (secondary N) is 1. The Labute approximate surface area is 173 Å². The normalized spacial score (nSPS) is 18.4. The number of methoxy groups -OCH3 is 1. The number of rotatable bonds is 8. The molecule has 29 heavy (non-hydrogen) atoms. The Balaban J connectivity index is 2.16. The van der Waals surface area contributed by atoms with Gasteiger partial charge in [-0.05, 0) is 36.9 Å². The fourth-order valence-electron chi connectivity index (χ4n) is 4.08. The van der Waals surface area contributed by atoms with E-state index in [-0.39, 0.29) is 5.82 Å². The maximum atomic E-state index is 15.4. The summed E-state index contributed by atoms with van der Waals surface area (Å²) in [5.74, 6) is 0.597. The minimum Gasteiger partial charge on any atom is -0.492 e. The van der Waals surface area contributed by atoms with Crippen molar-refractivity contribution in [2.45, 2.75) is 12.8 Å². The Morgan fingerprint density at radius 3 is 2.79 bits per heavy atom. The molecule has 5 nitrogen and oxygen atoms in total. The predicted octanol–water partition coefficient (Wildman–Crippen LogP) is 3.65. The van der Waals surface area contributed by atoms with Crippen molar-refractivity contribution in [2.75, 3.05) is 50.1 Å². The number of anilines is 2. The molecule has 2 aliphatic rings. The highest BCUT2D eigenvalue weighted by Gasteiger charge is 2.33. The first-order valence-electron chi connectivity index (χ1n) is 9.98. The van der Waals surface area contributed by atoms with E-state index >= 15 is 4.39 Å². The Hall–Kier alpha value is -2.73. The van der Waals surface area contributed by atoms with E-state index in [1.807, 2.05) is 24.2 Å². The third kappa shape index (κ3) is 3.77. The summed E-state index contributed by atoms with van der Waals surface area (Å²) in [5.41, 5.74) is 10.2. The van der Waals surface area contributed by atoms with Gasteiger partial charge in [-0.2, -0.15) is 0 Å². The number of likely N-dealkylation sites (N-methyl/N-ethyl adjacent to an activating group) is 1. The lowest BCUT2D eigenvalue weighted by molar-refractivity contribution is 0.411. The molecule has 1 aromatic carbocycles. The maximum Gasteiger partial charge on any atom is 0.169 e. The van der Waals surface area contributed by atoms with Crippen LogP contribution in [-0.4, -0.2) is 40.3 Å². The quantitative estimate of drug-likeness (QED) is 0.655. The molecule has 2 aliphatic heterocycles. The molecule has 0 saturated carbocycles.